The Hall–Kier alpha value is -2.05. The highest BCUT2D eigenvalue weighted by Crippen LogP contribution is 2.02. The number of aryl methyl sites for hydroxylation is 1. The number of hydrogen-bond acceptors (Lipinski definition) is 3. The number of hydrogen-bond donors (Lipinski definition) is 3. The Morgan fingerprint density at radius 3 is 2.65 bits per heavy atom. The molecule has 0 aliphatic heterocycles. The number of carboxylic acids is 1. The fraction of sp³-hybridized carbons (Fsp3) is 0.615. The number of urea groups is 1. The van der Waals surface area contributed by atoms with Crippen LogP contribution in [0.5, 0.6) is 0 Å². The highest BCUT2D eigenvalue weighted by atomic mass is 16.4. The predicted molar refractivity (Wildman–Crippen MR) is 74.2 cm³/mol. The van der Waals surface area contributed by atoms with Gasteiger partial charge in [-0.3, -0.25) is 9.48 Å². The van der Waals surface area contributed by atoms with Crippen LogP contribution in [-0.2, 0) is 18.4 Å². The Morgan fingerprint density at radius 2 is 2.00 bits per heavy atom. The largest absolute Gasteiger partial charge is 0.481 e. The average Bonchev–Trinajstić information content (AvgIpc) is 2.81. The number of aromatic nitrogens is 2. The zero-order valence-corrected chi connectivity index (χ0v) is 11.8. The number of aliphatic carboxylic acids is 1. The first-order valence-corrected chi connectivity index (χ1v) is 6.80. The van der Waals surface area contributed by atoms with E-state index in [1.807, 2.05) is 19.3 Å². The van der Waals surface area contributed by atoms with E-state index in [4.69, 9.17) is 5.11 Å². The van der Waals surface area contributed by atoms with Gasteiger partial charge in [-0.1, -0.05) is 12.8 Å². The van der Waals surface area contributed by atoms with Crippen molar-refractivity contribution in [1.29, 1.82) is 0 Å². The van der Waals surface area contributed by atoms with E-state index in [2.05, 4.69) is 15.7 Å². The second kappa shape index (κ2) is 8.95. The molecule has 0 unspecified atom stereocenters. The molecule has 0 aromatic carbocycles. The van der Waals surface area contributed by atoms with E-state index in [0.29, 0.717) is 19.5 Å². The lowest BCUT2D eigenvalue weighted by Gasteiger charge is -2.06. The van der Waals surface area contributed by atoms with Gasteiger partial charge in [0.1, 0.15) is 0 Å². The summed E-state index contributed by atoms with van der Waals surface area (Å²) in [5, 5.41) is 18.1. The van der Waals surface area contributed by atoms with Crippen molar-refractivity contribution in [3.05, 3.63) is 18.0 Å². The number of carboxylic acid groups (broad SMARTS) is 1. The Morgan fingerprint density at radius 1 is 1.25 bits per heavy atom. The molecule has 0 spiro atoms. The smallest absolute Gasteiger partial charge is 0.315 e. The molecule has 7 nitrogen and oxygen atoms in total. The Kier molecular flexibility index (Phi) is 7.16. The first-order chi connectivity index (χ1) is 9.58. The average molecular weight is 282 g/mol. The van der Waals surface area contributed by atoms with Crippen molar-refractivity contribution in [1.82, 2.24) is 20.4 Å². The summed E-state index contributed by atoms with van der Waals surface area (Å²) in [7, 11) is 1.83. The summed E-state index contributed by atoms with van der Waals surface area (Å²) >= 11 is 0. The molecule has 3 N–H and O–H groups in total. The van der Waals surface area contributed by atoms with Crippen molar-refractivity contribution < 1.29 is 14.7 Å². The third kappa shape index (κ3) is 7.40. The van der Waals surface area contributed by atoms with Gasteiger partial charge in [0.15, 0.2) is 0 Å². The fourth-order valence-electron chi connectivity index (χ4n) is 1.75. The summed E-state index contributed by atoms with van der Waals surface area (Å²) < 4.78 is 1.69. The van der Waals surface area contributed by atoms with Crippen molar-refractivity contribution in [3.63, 3.8) is 0 Å². The predicted octanol–water partition coefficient (Wildman–Crippen LogP) is 1.25. The van der Waals surface area contributed by atoms with Crippen LogP contribution in [0.15, 0.2) is 12.3 Å². The summed E-state index contributed by atoms with van der Waals surface area (Å²) in [5.41, 5.74) is 0.816. The lowest BCUT2D eigenvalue weighted by Crippen LogP contribution is -2.35. The van der Waals surface area contributed by atoms with E-state index >= 15 is 0 Å². The van der Waals surface area contributed by atoms with Gasteiger partial charge >= 0.3 is 12.0 Å². The van der Waals surface area contributed by atoms with Crippen molar-refractivity contribution in [2.45, 2.75) is 38.6 Å². The Labute approximate surface area is 118 Å². The van der Waals surface area contributed by atoms with Crippen LogP contribution < -0.4 is 10.6 Å². The van der Waals surface area contributed by atoms with Crippen LogP contribution in [0.3, 0.4) is 0 Å². The molecule has 1 rings (SSSR count). The van der Waals surface area contributed by atoms with Crippen molar-refractivity contribution in [3.8, 4) is 0 Å². The molecule has 2 amide bonds. The number of amides is 2. The van der Waals surface area contributed by atoms with Gasteiger partial charge < -0.3 is 15.7 Å². The molecule has 0 aliphatic carbocycles. The zero-order chi connectivity index (χ0) is 14.8. The summed E-state index contributed by atoms with van der Waals surface area (Å²) in [4.78, 5) is 21.8. The Bertz CT molecular complexity index is 431. The molecule has 1 heterocycles. The van der Waals surface area contributed by atoms with Crippen LogP contribution in [0.4, 0.5) is 4.79 Å². The van der Waals surface area contributed by atoms with Crippen LogP contribution in [0.1, 0.15) is 37.8 Å². The molecule has 0 aliphatic rings. The van der Waals surface area contributed by atoms with Crippen molar-refractivity contribution in [2.24, 2.45) is 7.05 Å². The first-order valence-electron chi connectivity index (χ1n) is 6.80. The monoisotopic (exact) mass is 282 g/mol. The third-order valence-electron chi connectivity index (χ3n) is 2.80. The summed E-state index contributed by atoms with van der Waals surface area (Å²) in [5.74, 6) is -0.753. The molecule has 1 aromatic heterocycles. The minimum atomic E-state index is -0.753. The fourth-order valence-corrected chi connectivity index (χ4v) is 1.75. The van der Waals surface area contributed by atoms with Crippen LogP contribution in [0.2, 0.25) is 0 Å². The van der Waals surface area contributed by atoms with Gasteiger partial charge in [0.2, 0.25) is 0 Å². The maximum Gasteiger partial charge on any atom is 0.315 e. The maximum atomic E-state index is 11.5. The molecule has 112 valence electrons. The van der Waals surface area contributed by atoms with Gasteiger partial charge in [0.05, 0.1) is 12.2 Å². The van der Waals surface area contributed by atoms with Crippen molar-refractivity contribution in [2.75, 3.05) is 6.54 Å². The molecule has 0 saturated carbocycles. The van der Waals surface area contributed by atoms with Crippen LogP contribution in [0, 0.1) is 0 Å². The molecule has 0 radical (unpaired) electrons. The zero-order valence-electron chi connectivity index (χ0n) is 11.8. The third-order valence-corrected chi connectivity index (χ3v) is 2.80. The molecule has 0 fully saturated rings. The topological polar surface area (TPSA) is 96.2 Å². The van der Waals surface area contributed by atoms with Crippen LogP contribution in [-0.4, -0.2) is 33.4 Å². The van der Waals surface area contributed by atoms with Crippen molar-refractivity contribution >= 4 is 12.0 Å². The summed E-state index contributed by atoms with van der Waals surface area (Å²) in [6.07, 6.45) is 5.40. The van der Waals surface area contributed by atoms with Gasteiger partial charge in [-0.15, -0.1) is 0 Å². The summed E-state index contributed by atoms with van der Waals surface area (Å²) in [6.45, 7) is 1.01. The Balaban J connectivity index is 1.96. The van der Waals surface area contributed by atoms with Gasteiger partial charge in [-0.2, -0.15) is 5.10 Å². The number of rotatable bonds is 9. The molecule has 7 heteroatoms. The van der Waals surface area contributed by atoms with E-state index in [1.54, 1.807) is 4.68 Å². The highest BCUT2D eigenvalue weighted by molar-refractivity contribution is 5.73. The van der Waals surface area contributed by atoms with E-state index in [0.717, 1.165) is 25.0 Å². The first kappa shape index (κ1) is 16.0. The molecule has 20 heavy (non-hydrogen) atoms. The molecule has 1 aromatic rings. The standard InChI is InChI=1S/C13H22N4O3/c1-17-9-7-11(16-17)10-15-13(20)14-8-5-3-2-4-6-12(18)19/h7,9H,2-6,8,10H2,1H3,(H,18,19)(H2,14,15,20). The summed E-state index contributed by atoms with van der Waals surface area (Å²) in [6, 6.07) is 1.64. The lowest BCUT2D eigenvalue weighted by atomic mass is 10.1. The minimum Gasteiger partial charge on any atom is -0.481 e. The van der Waals surface area contributed by atoms with E-state index < -0.39 is 5.97 Å². The number of nitrogens with one attached hydrogen (secondary N) is 2. The number of carbonyl (C=O) groups is 2. The number of nitrogens with zero attached hydrogens (tertiary/aromatic N) is 2. The minimum absolute atomic E-state index is 0.207. The quantitative estimate of drug-likeness (QED) is 0.594. The SMILES string of the molecule is Cn1ccc(CNC(=O)NCCCCCCC(=O)O)n1. The van der Waals surface area contributed by atoms with E-state index in [1.165, 1.54) is 0 Å². The lowest BCUT2D eigenvalue weighted by molar-refractivity contribution is -0.137. The molecule has 0 atom stereocenters. The van der Waals surface area contributed by atoms with Gasteiger partial charge in [-0.05, 0) is 18.9 Å². The van der Waals surface area contributed by atoms with Crippen LogP contribution >= 0.6 is 0 Å². The van der Waals surface area contributed by atoms with Gasteiger partial charge in [-0.25, -0.2) is 4.79 Å². The normalized spacial score (nSPS) is 10.2. The molecule has 0 saturated heterocycles. The van der Waals surface area contributed by atoms with E-state index in [9.17, 15) is 9.59 Å². The molecular weight excluding hydrogens is 260 g/mol. The van der Waals surface area contributed by atoms with E-state index in [-0.39, 0.29) is 12.5 Å². The number of carbonyl (C=O) groups excluding carboxylic acids is 1. The molecular formula is C13H22N4O3. The number of unbranched alkanes of at least 4 members (excludes halogenated alkanes) is 3. The van der Waals surface area contributed by atoms with Gasteiger partial charge in [0.25, 0.3) is 0 Å². The second-order valence-corrected chi connectivity index (χ2v) is 4.65. The maximum absolute atomic E-state index is 11.5. The molecule has 0 bridgehead atoms. The second-order valence-electron chi connectivity index (χ2n) is 4.65. The van der Waals surface area contributed by atoms with Crippen LogP contribution in [0.25, 0.3) is 0 Å². The van der Waals surface area contributed by atoms with Gasteiger partial charge in [0, 0.05) is 26.2 Å². The highest BCUT2D eigenvalue weighted by Gasteiger charge is 2.02.